The molecule has 2 amide bonds. The van der Waals surface area contributed by atoms with Crippen molar-refractivity contribution in [3.05, 3.63) is 35.0 Å². The Kier molecular flexibility index (Phi) is 5.79. The first kappa shape index (κ1) is 19.8. The molecule has 6 heteroatoms. The van der Waals surface area contributed by atoms with Gasteiger partial charge >= 0.3 is 6.09 Å². The lowest BCUT2D eigenvalue weighted by Crippen LogP contribution is -2.38. The van der Waals surface area contributed by atoms with Crippen LogP contribution in [0.25, 0.3) is 10.9 Å². The first-order valence-corrected chi connectivity index (χ1v) is 10.9. The molecule has 29 heavy (non-hydrogen) atoms. The van der Waals surface area contributed by atoms with Crippen LogP contribution in [0, 0.1) is 5.92 Å². The van der Waals surface area contributed by atoms with Crippen molar-refractivity contribution < 1.29 is 14.3 Å². The van der Waals surface area contributed by atoms with Crippen molar-refractivity contribution in [3.63, 3.8) is 0 Å². The molecule has 2 heterocycles. The van der Waals surface area contributed by atoms with Crippen molar-refractivity contribution in [1.82, 2.24) is 14.8 Å². The molecule has 0 radical (unpaired) electrons. The molecule has 0 spiro atoms. The molecule has 0 bridgehead atoms. The zero-order valence-corrected chi connectivity index (χ0v) is 17.5. The van der Waals surface area contributed by atoms with Gasteiger partial charge in [-0.05, 0) is 49.7 Å². The maximum Gasteiger partial charge on any atom is 0.409 e. The number of H-pyrrole nitrogens is 1. The van der Waals surface area contributed by atoms with Crippen LogP contribution in [-0.4, -0.2) is 59.6 Å². The van der Waals surface area contributed by atoms with Crippen LogP contribution in [0.2, 0.25) is 0 Å². The Morgan fingerprint density at radius 3 is 2.62 bits per heavy atom. The van der Waals surface area contributed by atoms with Gasteiger partial charge in [-0.3, -0.25) is 4.79 Å². The van der Waals surface area contributed by atoms with E-state index < -0.39 is 0 Å². The number of rotatable bonds is 3. The monoisotopic (exact) mass is 397 g/mol. The second-order valence-corrected chi connectivity index (χ2v) is 8.62. The van der Waals surface area contributed by atoms with Gasteiger partial charge in [0.25, 0.3) is 5.91 Å². The number of hydrogen-bond donors (Lipinski definition) is 1. The molecule has 1 N–H and O–H groups in total. The zero-order valence-electron chi connectivity index (χ0n) is 17.5. The zero-order chi connectivity index (χ0) is 20.4. The van der Waals surface area contributed by atoms with Crippen LogP contribution in [0.5, 0.6) is 0 Å². The number of aromatic amines is 1. The van der Waals surface area contributed by atoms with E-state index in [4.69, 9.17) is 4.74 Å². The van der Waals surface area contributed by atoms with Crippen molar-refractivity contribution in [2.75, 3.05) is 32.8 Å². The van der Waals surface area contributed by atoms with E-state index in [2.05, 4.69) is 11.1 Å². The minimum atomic E-state index is -0.271. The average molecular weight is 398 g/mol. The normalized spacial score (nSPS) is 17.3. The highest BCUT2D eigenvalue weighted by molar-refractivity contribution is 6.06. The summed E-state index contributed by atoms with van der Waals surface area (Å²) in [6.07, 6.45) is 5.07. The molecule has 2 aromatic rings. The third kappa shape index (κ3) is 4.11. The largest absolute Gasteiger partial charge is 0.449 e. The Labute approximate surface area is 172 Å². The fourth-order valence-electron chi connectivity index (χ4n) is 4.41. The Balaban J connectivity index is 1.49. The standard InChI is InChI=1S/C23H31N3O3/c1-16(2)15-29-23(28)26-12-6-11-25(13-14-26)22(27)19-9-5-8-18-17-7-3-4-10-20(17)24-21(18)19/h5,8-9,16,24H,3-4,6-7,10-15H2,1-2H3. The van der Waals surface area contributed by atoms with E-state index in [9.17, 15) is 9.59 Å². The number of aromatic nitrogens is 1. The summed E-state index contributed by atoms with van der Waals surface area (Å²) in [5, 5.41) is 1.19. The molecule has 4 rings (SSSR count). The summed E-state index contributed by atoms with van der Waals surface area (Å²) in [6.45, 7) is 6.80. The number of benzene rings is 1. The van der Waals surface area contributed by atoms with Crippen LogP contribution in [0.1, 0.15) is 54.7 Å². The van der Waals surface area contributed by atoms with E-state index in [0.29, 0.717) is 38.7 Å². The third-order valence-electron chi connectivity index (χ3n) is 5.95. The summed E-state index contributed by atoms with van der Waals surface area (Å²) in [5.74, 6) is 0.364. The fourth-order valence-corrected chi connectivity index (χ4v) is 4.41. The molecule has 1 aromatic heterocycles. The van der Waals surface area contributed by atoms with Crippen molar-refractivity contribution in [3.8, 4) is 0 Å². The molecule has 6 nitrogen and oxygen atoms in total. The number of carbonyl (C=O) groups is 2. The summed E-state index contributed by atoms with van der Waals surface area (Å²) >= 11 is 0. The van der Waals surface area contributed by atoms with Gasteiger partial charge in [-0.25, -0.2) is 4.79 Å². The second-order valence-electron chi connectivity index (χ2n) is 8.62. The number of nitrogens with zero attached hydrogens (tertiary/aromatic N) is 2. The van der Waals surface area contributed by atoms with Gasteiger partial charge in [-0.15, -0.1) is 0 Å². The number of carbonyl (C=O) groups excluding carboxylic acids is 2. The average Bonchev–Trinajstić information content (AvgIpc) is 2.92. The maximum atomic E-state index is 13.3. The summed E-state index contributed by atoms with van der Waals surface area (Å²) in [6, 6.07) is 6.04. The van der Waals surface area contributed by atoms with Crippen molar-refractivity contribution in [1.29, 1.82) is 0 Å². The van der Waals surface area contributed by atoms with E-state index in [1.54, 1.807) is 4.90 Å². The predicted octanol–water partition coefficient (Wildman–Crippen LogP) is 3.99. The lowest BCUT2D eigenvalue weighted by molar-refractivity contribution is 0.0748. The van der Waals surface area contributed by atoms with Crippen molar-refractivity contribution in [2.45, 2.75) is 46.0 Å². The van der Waals surface area contributed by atoms with Gasteiger partial charge in [0.15, 0.2) is 0 Å². The summed E-state index contributed by atoms with van der Waals surface area (Å²) in [5.41, 5.74) is 4.40. The van der Waals surface area contributed by atoms with E-state index in [1.165, 1.54) is 29.5 Å². The third-order valence-corrected chi connectivity index (χ3v) is 5.95. The Bertz CT molecular complexity index is 902. The predicted molar refractivity (Wildman–Crippen MR) is 113 cm³/mol. The van der Waals surface area contributed by atoms with E-state index in [-0.39, 0.29) is 12.0 Å². The molecular weight excluding hydrogens is 366 g/mol. The van der Waals surface area contributed by atoms with Crippen LogP contribution in [0.15, 0.2) is 18.2 Å². The number of para-hydroxylation sites is 1. The van der Waals surface area contributed by atoms with E-state index >= 15 is 0 Å². The number of hydrogen-bond acceptors (Lipinski definition) is 3. The first-order chi connectivity index (χ1) is 14.0. The molecule has 1 aliphatic heterocycles. The van der Waals surface area contributed by atoms with Gasteiger partial charge in [0, 0.05) is 37.3 Å². The smallest absolute Gasteiger partial charge is 0.409 e. The first-order valence-electron chi connectivity index (χ1n) is 10.9. The molecule has 0 atom stereocenters. The van der Waals surface area contributed by atoms with Gasteiger partial charge in [-0.1, -0.05) is 26.0 Å². The minimum Gasteiger partial charge on any atom is -0.449 e. The fraction of sp³-hybridized carbons (Fsp3) is 0.565. The van der Waals surface area contributed by atoms with E-state index in [0.717, 1.165) is 30.3 Å². The minimum absolute atomic E-state index is 0.0478. The molecule has 0 saturated carbocycles. The summed E-state index contributed by atoms with van der Waals surface area (Å²) in [7, 11) is 0. The lowest BCUT2D eigenvalue weighted by atomic mass is 9.95. The number of ether oxygens (including phenoxy) is 1. The van der Waals surface area contributed by atoms with E-state index in [1.807, 2.05) is 30.9 Å². The molecular formula is C23H31N3O3. The van der Waals surface area contributed by atoms with Crippen molar-refractivity contribution >= 4 is 22.9 Å². The Morgan fingerprint density at radius 1 is 1.03 bits per heavy atom. The molecule has 1 fully saturated rings. The molecule has 156 valence electrons. The van der Waals surface area contributed by atoms with Gasteiger partial charge in [0.2, 0.25) is 0 Å². The number of nitrogens with one attached hydrogen (secondary N) is 1. The number of fused-ring (bicyclic) bond motifs is 3. The Morgan fingerprint density at radius 2 is 1.79 bits per heavy atom. The molecule has 0 unspecified atom stereocenters. The highest BCUT2D eigenvalue weighted by Gasteiger charge is 2.26. The lowest BCUT2D eigenvalue weighted by Gasteiger charge is -2.22. The number of aryl methyl sites for hydroxylation is 2. The summed E-state index contributed by atoms with van der Waals surface area (Å²) in [4.78, 5) is 32.8. The molecule has 1 aliphatic carbocycles. The van der Waals surface area contributed by atoms with Crippen LogP contribution in [-0.2, 0) is 17.6 Å². The molecule has 2 aliphatic rings. The van der Waals surface area contributed by atoms with Gasteiger partial charge in [-0.2, -0.15) is 0 Å². The van der Waals surface area contributed by atoms with Crippen LogP contribution >= 0.6 is 0 Å². The quantitative estimate of drug-likeness (QED) is 0.852. The topological polar surface area (TPSA) is 65.6 Å². The SMILES string of the molecule is CC(C)COC(=O)N1CCCN(C(=O)c2cccc3c4c([nH]c23)CCCC4)CC1. The molecule has 1 saturated heterocycles. The van der Waals surface area contributed by atoms with Crippen LogP contribution in [0.4, 0.5) is 4.79 Å². The number of amides is 2. The maximum absolute atomic E-state index is 13.3. The van der Waals surface area contributed by atoms with Gasteiger partial charge in [0.05, 0.1) is 17.7 Å². The summed E-state index contributed by atoms with van der Waals surface area (Å²) < 4.78 is 5.36. The van der Waals surface area contributed by atoms with Gasteiger partial charge in [0.1, 0.15) is 0 Å². The van der Waals surface area contributed by atoms with Gasteiger partial charge < -0.3 is 19.5 Å². The highest BCUT2D eigenvalue weighted by atomic mass is 16.6. The molecule has 1 aromatic carbocycles. The van der Waals surface area contributed by atoms with Crippen LogP contribution in [0.3, 0.4) is 0 Å². The highest BCUT2D eigenvalue weighted by Crippen LogP contribution is 2.31. The van der Waals surface area contributed by atoms with Crippen LogP contribution < -0.4 is 0 Å². The second kappa shape index (κ2) is 8.47. The Hall–Kier alpha value is -2.50. The van der Waals surface area contributed by atoms with Crippen molar-refractivity contribution in [2.24, 2.45) is 5.92 Å².